The predicted octanol–water partition coefficient (Wildman–Crippen LogP) is 2.02. The molecule has 4 rings (SSSR count). The van der Waals surface area contributed by atoms with Gasteiger partial charge in [0, 0.05) is 11.5 Å². The average Bonchev–Trinajstić information content (AvgIpc) is 3.34. The SMILES string of the molecule is Cc1c(C)c(C)c(C(=O)NC2COC3C(NC(=O)C4CC4)COC23)c(C)c1C. The summed E-state index contributed by atoms with van der Waals surface area (Å²) in [6.07, 6.45) is 1.53. The van der Waals surface area contributed by atoms with Gasteiger partial charge in [0.1, 0.15) is 12.2 Å². The van der Waals surface area contributed by atoms with E-state index in [9.17, 15) is 9.59 Å². The van der Waals surface area contributed by atoms with Crippen LogP contribution >= 0.6 is 0 Å². The summed E-state index contributed by atoms with van der Waals surface area (Å²) in [5.41, 5.74) is 6.36. The smallest absolute Gasteiger partial charge is 0.252 e. The summed E-state index contributed by atoms with van der Waals surface area (Å²) in [7, 11) is 0. The van der Waals surface area contributed by atoms with Gasteiger partial charge in [0.25, 0.3) is 5.91 Å². The highest BCUT2D eigenvalue weighted by atomic mass is 16.6. The molecule has 3 aliphatic rings. The van der Waals surface area contributed by atoms with E-state index in [1.54, 1.807) is 0 Å². The zero-order valence-corrected chi connectivity index (χ0v) is 17.3. The van der Waals surface area contributed by atoms with Crippen molar-refractivity contribution in [3.05, 3.63) is 33.4 Å². The molecule has 2 saturated heterocycles. The molecule has 2 heterocycles. The molecule has 1 aliphatic carbocycles. The Labute approximate surface area is 166 Å². The molecule has 0 bridgehead atoms. The highest BCUT2D eigenvalue weighted by Gasteiger charge is 2.49. The van der Waals surface area contributed by atoms with Gasteiger partial charge in [-0.2, -0.15) is 0 Å². The quantitative estimate of drug-likeness (QED) is 0.830. The fourth-order valence-electron chi connectivity index (χ4n) is 4.47. The van der Waals surface area contributed by atoms with Gasteiger partial charge >= 0.3 is 0 Å². The van der Waals surface area contributed by atoms with E-state index >= 15 is 0 Å². The van der Waals surface area contributed by atoms with E-state index in [0.717, 1.165) is 40.7 Å². The van der Waals surface area contributed by atoms with Crippen molar-refractivity contribution < 1.29 is 19.1 Å². The molecule has 4 unspecified atom stereocenters. The third kappa shape index (κ3) is 3.22. The van der Waals surface area contributed by atoms with Crippen molar-refractivity contribution in [2.75, 3.05) is 13.2 Å². The summed E-state index contributed by atoms with van der Waals surface area (Å²) in [4.78, 5) is 25.2. The minimum atomic E-state index is -0.221. The Bertz CT molecular complexity index is 801. The van der Waals surface area contributed by atoms with E-state index < -0.39 is 0 Å². The maximum atomic E-state index is 13.1. The summed E-state index contributed by atoms with van der Waals surface area (Å²) in [6.45, 7) is 11.1. The molecule has 1 saturated carbocycles. The van der Waals surface area contributed by atoms with Crippen molar-refractivity contribution in [3.63, 3.8) is 0 Å². The average molecular weight is 386 g/mol. The first-order valence-electron chi connectivity index (χ1n) is 10.2. The fraction of sp³-hybridized carbons (Fsp3) is 0.636. The molecule has 2 aliphatic heterocycles. The molecule has 28 heavy (non-hydrogen) atoms. The number of carbonyl (C=O) groups is 2. The number of benzene rings is 1. The number of rotatable bonds is 4. The maximum absolute atomic E-state index is 13.1. The highest BCUT2D eigenvalue weighted by Crippen LogP contribution is 2.32. The van der Waals surface area contributed by atoms with Gasteiger partial charge in [0.2, 0.25) is 5.91 Å². The molecule has 6 heteroatoms. The van der Waals surface area contributed by atoms with Crippen LogP contribution in [0.4, 0.5) is 0 Å². The molecule has 0 spiro atoms. The molecule has 152 valence electrons. The van der Waals surface area contributed by atoms with Gasteiger partial charge in [-0.1, -0.05) is 0 Å². The first-order valence-corrected chi connectivity index (χ1v) is 10.2. The van der Waals surface area contributed by atoms with Crippen molar-refractivity contribution in [3.8, 4) is 0 Å². The van der Waals surface area contributed by atoms with Crippen molar-refractivity contribution in [2.24, 2.45) is 5.92 Å². The van der Waals surface area contributed by atoms with Gasteiger partial charge in [0.05, 0.1) is 25.3 Å². The molecular weight excluding hydrogens is 356 g/mol. The van der Waals surface area contributed by atoms with Crippen molar-refractivity contribution in [1.82, 2.24) is 10.6 Å². The lowest BCUT2D eigenvalue weighted by atomic mass is 9.89. The molecule has 1 aromatic rings. The van der Waals surface area contributed by atoms with Crippen LogP contribution in [0.15, 0.2) is 0 Å². The van der Waals surface area contributed by atoms with Gasteiger partial charge in [-0.05, 0) is 75.3 Å². The Kier molecular flexibility index (Phi) is 4.96. The third-order valence-corrected chi connectivity index (χ3v) is 6.87. The van der Waals surface area contributed by atoms with Crippen LogP contribution in [0.25, 0.3) is 0 Å². The van der Waals surface area contributed by atoms with Gasteiger partial charge in [-0.3, -0.25) is 9.59 Å². The minimum Gasteiger partial charge on any atom is -0.371 e. The third-order valence-electron chi connectivity index (χ3n) is 6.87. The lowest BCUT2D eigenvalue weighted by Crippen LogP contribution is -2.47. The summed E-state index contributed by atoms with van der Waals surface area (Å²) in [5.74, 6) is 0.182. The number of ether oxygens (including phenoxy) is 2. The normalized spacial score (nSPS) is 28.9. The lowest BCUT2D eigenvalue weighted by molar-refractivity contribution is -0.123. The van der Waals surface area contributed by atoms with Crippen LogP contribution in [0, 0.1) is 40.5 Å². The van der Waals surface area contributed by atoms with E-state index in [-0.39, 0.29) is 42.0 Å². The highest BCUT2D eigenvalue weighted by molar-refractivity contribution is 5.98. The van der Waals surface area contributed by atoms with Gasteiger partial charge in [0.15, 0.2) is 0 Å². The van der Waals surface area contributed by atoms with E-state index in [1.807, 2.05) is 13.8 Å². The second kappa shape index (κ2) is 7.16. The van der Waals surface area contributed by atoms with E-state index in [1.165, 1.54) is 5.56 Å². The van der Waals surface area contributed by atoms with Crippen LogP contribution in [0.5, 0.6) is 0 Å². The number of hydrogen-bond acceptors (Lipinski definition) is 4. The second-order valence-corrected chi connectivity index (χ2v) is 8.57. The summed E-state index contributed by atoms with van der Waals surface area (Å²) in [5, 5.41) is 6.19. The molecule has 2 amide bonds. The standard InChI is InChI=1S/C22H30N2O4/c1-10-11(2)13(4)18(14(5)12(10)3)22(26)24-17-9-28-19-16(8-27-20(17)19)23-21(25)15-6-7-15/h15-17,19-20H,6-9H2,1-5H3,(H,23,25)(H,24,26). The van der Waals surface area contributed by atoms with Crippen molar-refractivity contribution in [1.29, 1.82) is 0 Å². The second-order valence-electron chi connectivity index (χ2n) is 8.57. The van der Waals surface area contributed by atoms with E-state index in [0.29, 0.717) is 13.2 Å². The Morgan fingerprint density at radius 2 is 1.21 bits per heavy atom. The number of nitrogens with one attached hydrogen (secondary N) is 2. The number of fused-ring (bicyclic) bond motifs is 1. The first kappa shape index (κ1) is 19.4. The monoisotopic (exact) mass is 386 g/mol. The summed E-state index contributed by atoms with van der Waals surface area (Å²) in [6, 6.07) is -0.339. The van der Waals surface area contributed by atoms with Crippen LogP contribution in [0.3, 0.4) is 0 Å². The van der Waals surface area contributed by atoms with E-state index in [4.69, 9.17) is 9.47 Å². The summed E-state index contributed by atoms with van der Waals surface area (Å²) >= 11 is 0. The van der Waals surface area contributed by atoms with Crippen molar-refractivity contribution in [2.45, 2.75) is 71.8 Å². The Hall–Kier alpha value is -1.92. The predicted molar refractivity (Wildman–Crippen MR) is 106 cm³/mol. The van der Waals surface area contributed by atoms with Crippen LogP contribution < -0.4 is 10.6 Å². The molecule has 1 aromatic carbocycles. The molecule has 6 nitrogen and oxygen atoms in total. The molecule has 4 atom stereocenters. The van der Waals surface area contributed by atoms with E-state index in [2.05, 4.69) is 31.4 Å². The first-order chi connectivity index (χ1) is 13.3. The molecule has 3 fully saturated rings. The number of carbonyl (C=O) groups excluding carboxylic acids is 2. The molecule has 0 aromatic heterocycles. The lowest BCUT2D eigenvalue weighted by Gasteiger charge is -2.22. The molecule has 2 N–H and O–H groups in total. The van der Waals surface area contributed by atoms with Gasteiger partial charge in [-0.25, -0.2) is 0 Å². The maximum Gasteiger partial charge on any atom is 0.252 e. The van der Waals surface area contributed by atoms with Crippen molar-refractivity contribution >= 4 is 11.8 Å². The zero-order chi connectivity index (χ0) is 20.2. The zero-order valence-electron chi connectivity index (χ0n) is 17.3. The van der Waals surface area contributed by atoms with Crippen LogP contribution in [0.2, 0.25) is 0 Å². The summed E-state index contributed by atoms with van der Waals surface area (Å²) < 4.78 is 11.8. The number of hydrogen-bond donors (Lipinski definition) is 2. The number of amides is 2. The Morgan fingerprint density at radius 1 is 0.750 bits per heavy atom. The molecule has 0 radical (unpaired) electrons. The fourth-order valence-corrected chi connectivity index (χ4v) is 4.47. The Balaban J connectivity index is 1.46. The van der Waals surface area contributed by atoms with Crippen LogP contribution in [-0.4, -0.2) is 49.3 Å². The topological polar surface area (TPSA) is 76.7 Å². The van der Waals surface area contributed by atoms with Gasteiger partial charge < -0.3 is 20.1 Å². The molecular formula is C22H30N2O4. The van der Waals surface area contributed by atoms with Crippen LogP contribution in [-0.2, 0) is 14.3 Å². The Morgan fingerprint density at radius 3 is 1.71 bits per heavy atom. The van der Waals surface area contributed by atoms with Gasteiger partial charge in [-0.15, -0.1) is 0 Å². The minimum absolute atomic E-state index is 0.0792. The van der Waals surface area contributed by atoms with Crippen LogP contribution in [0.1, 0.15) is 51.0 Å². The largest absolute Gasteiger partial charge is 0.371 e.